The van der Waals surface area contributed by atoms with Crippen LogP contribution in [0.15, 0.2) is 41.5 Å². The average molecular weight is 434 g/mol. The Morgan fingerprint density at radius 2 is 2.13 bits per heavy atom. The molecule has 9 nitrogen and oxygen atoms in total. The molecule has 1 fully saturated rings. The number of fused-ring (bicyclic) bond motifs is 1. The van der Waals surface area contributed by atoms with Crippen LogP contribution in [-0.2, 0) is 0 Å². The molecule has 31 heavy (non-hydrogen) atoms. The summed E-state index contributed by atoms with van der Waals surface area (Å²) in [7, 11) is 0. The van der Waals surface area contributed by atoms with E-state index in [4.69, 9.17) is 16.6 Å². The molecule has 0 unspecified atom stereocenters. The predicted octanol–water partition coefficient (Wildman–Crippen LogP) is 2.35. The van der Waals surface area contributed by atoms with Gasteiger partial charge >= 0.3 is 0 Å². The lowest BCUT2D eigenvalue weighted by Crippen LogP contribution is -2.19. The molecule has 3 heterocycles. The number of anilines is 2. The molecule has 0 bridgehead atoms. The third-order valence-corrected chi connectivity index (χ3v) is 5.15. The molecule has 0 spiro atoms. The van der Waals surface area contributed by atoms with Crippen molar-refractivity contribution in [2.45, 2.75) is 18.9 Å². The van der Waals surface area contributed by atoms with Gasteiger partial charge in [-0.2, -0.15) is 14.9 Å². The highest BCUT2D eigenvalue weighted by molar-refractivity contribution is 6.33. The van der Waals surface area contributed by atoms with Crippen LogP contribution in [0.5, 0.6) is 11.8 Å². The van der Waals surface area contributed by atoms with Gasteiger partial charge in [-0.25, -0.2) is 4.98 Å². The molecule has 0 atom stereocenters. The van der Waals surface area contributed by atoms with Crippen LogP contribution in [0, 0.1) is 11.3 Å². The van der Waals surface area contributed by atoms with Crippen LogP contribution in [0.3, 0.4) is 0 Å². The van der Waals surface area contributed by atoms with Crippen LogP contribution in [-0.4, -0.2) is 35.8 Å². The molecule has 10 heteroatoms. The van der Waals surface area contributed by atoms with Crippen molar-refractivity contribution in [1.29, 1.82) is 5.26 Å². The van der Waals surface area contributed by atoms with E-state index >= 15 is 0 Å². The number of hydrogen-bond acceptors (Lipinski definition) is 7. The SMILES string of the molecule is N#Cc1ccc(Cl)c(Nc2cc(=NC3CC3)n3ncc(=Cc4cc(O)[nH]c4O)c3n2)c1. The maximum Gasteiger partial charge on any atom is 0.198 e. The van der Waals surface area contributed by atoms with Gasteiger partial charge in [0.25, 0.3) is 0 Å². The molecule has 4 aromatic rings. The largest absolute Gasteiger partial charge is 0.494 e. The van der Waals surface area contributed by atoms with E-state index in [1.807, 2.05) is 0 Å². The van der Waals surface area contributed by atoms with Crippen LogP contribution >= 0.6 is 11.6 Å². The molecule has 5 rings (SSSR count). The first-order valence-electron chi connectivity index (χ1n) is 9.52. The summed E-state index contributed by atoms with van der Waals surface area (Å²) in [4.78, 5) is 11.8. The summed E-state index contributed by atoms with van der Waals surface area (Å²) in [5.41, 5.74) is 2.56. The molecule has 154 valence electrons. The Bertz CT molecular complexity index is 1480. The molecule has 0 saturated heterocycles. The van der Waals surface area contributed by atoms with Gasteiger partial charge < -0.3 is 15.5 Å². The quantitative estimate of drug-likeness (QED) is 0.390. The van der Waals surface area contributed by atoms with Gasteiger partial charge in [-0.15, -0.1) is 0 Å². The number of aromatic hydroxyl groups is 2. The molecule has 1 aliphatic rings. The van der Waals surface area contributed by atoms with Crippen molar-refractivity contribution in [1.82, 2.24) is 19.6 Å². The second-order valence-electron chi connectivity index (χ2n) is 7.23. The van der Waals surface area contributed by atoms with Crippen molar-refractivity contribution in [3.63, 3.8) is 0 Å². The third-order valence-electron chi connectivity index (χ3n) is 4.82. The van der Waals surface area contributed by atoms with Gasteiger partial charge in [0, 0.05) is 22.9 Å². The fourth-order valence-corrected chi connectivity index (χ4v) is 3.33. The maximum absolute atomic E-state index is 9.95. The molecule has 1 saturated carbocycles. The summed E-state index contributed by atoms with van der Waals surface area (Å²) in [5, 5.41) is 37.3. The van der Waals surface area contributed by atoms with Crippen molar-refractivity contribution < 1.29 is 10.2 Å². The number of hydrogen-bond donors (Lipinski definition) is 4. The summed E-state index contributed by atoms with van der Waals surface area (Å²) in [6.45, 7) is 0. The predicted molar refractivity (Wildman–Crippen MR) is 114 cm³/mol. The maximum atomic E-state index is 9.95. The molecule has 3 aromatic heterocycles. The van der Waals surface area contributed by atoms with Gasteiger partial charge in [0.1, 0.15) is 5.82 Å². The van der Waals surface area contributed by atoms with E-state index < -0.39 is 0 Å². The van der Waals surface area contributed by atoms with Crippen molar-refractivity contribution in [3.8, 4) is 17.8 Å². The fourth-order valence-electron chi connectivity index (χ4n) is 3.16. The summed E-state index contributed by atoms with van der Waals surface area (Å²) in [5.74, 6) is 0.182. The minimum Gasteiger partial charge on any atom is -0.494 e. The zero-order valence-corrected chi connectivity index (χ0v) is 16.8. The van der Waals surface area contributed by atoms with Gasteiger partial charge in [0.05, 0.1) is 34.6 Å². The topological polar surface area (TPSA) is 135 Å². The second kappa shape index (κ2) is 7.34. The summed E-state index contributed by atoms with van der Waals surface area (Å²) in [6, 6.07) is 10.5. The van der Waals surface area contributed by atoms with Crippen LogP contribution in [0.1, 0.15) is 24.0 Å². The lowest BCUT2D eigenvalue weighted by atomic mass is 10.2. The molecule has 0 radical (unpaired) electrons. The Morgan fingerprint density at radius 3 is 2.84 bits per heavy atom. The molecular weight excluding hydrogens is 418 g/mol. The van der Waals surface area contributed by atoms with E-state index in [-0.39, 0.29) is 17.8 Å². The van der Waals surface area contributed by atoms with Crippen molar-refractivity contribution in [3.05, 3.63) is 63.4 Å². The van der Waals surface area contributed by atoms with Gasteiger partial charge in [-0.1, -0.05) is 11.6 Å². The number of aromatic amines is 1. The van der Waals surface area contributed by atoms with E-state index in [0.29, 0.717) is 44.0 Å². The number of nitrogens with one attached hydrogen (secondary N) is 2. The van der Waals surface area contributed by atoms with E-state index in [9.17, 15) is 15.5 Å². The fraction of sp³-hybridized carbons (Fsp3) is 0.143. The van der Waals surface area contributed by atoms with E-state index in [1.54, 1.807) is 41.1 Å². The minimum absolute atomic E-state index is 0.146. The third kappa shape index (κ3) is 3.76. The lowest BCUT2D eigenvalue weighted by Gasteiger charge is -2.08. The first-order valence-corrected chi connectivity index (χ1v) is 9.90. The van der Waals surface area contributed by atoms with Crippen molar-refractivity contribution in [2.75, 3.05) is 5.32 Å². The molecule has 1 aliphatic carbocycles. The highest BCUT2D eigenvalue weighted by atomic mass is 35.5. The highest BCUT2D eigenvalue weighted by Crippen LogP contribution is 2.26. The number of nitriles is 1. The van der Waals surface area contributed by atoms with Crippen molar-refractivity contribution >= 4 is 34.8 Å². The van der Waals surface area contributed by atoms with E-state index in [2.05, 4.69) is 26.5 Å². The molecule has 0 amide bonds. The molecule has 1 aromatic carbocycles. The Morgan fingerprint density at radius 1 is 1.29 bits per heavy atom. The van der Waals surface area contributed by atoms with Crippen LogP contribution in [0.4, 0.5) is 11.5 Å². The van der Waals surface area contributed by atoms with Crippen LogP contribution in [0.2, 0.25) is 5.02 Å². The summed E-state index contributed by atoms with van der Waals surface area (Å²) >= 11 is 6.29. The number of nitrogens with zero attached hydrogens (tertiary/aromatic N) is 5. The van der Waals surface area contributed by atoms with Gasteiger partial charge in [-0.05, 0) is 37.1 Å². The normalized spacial score (nSPS) is 14.8. The smallest absolute Gasteiger partial charge is 0.198 e. The lowest BCUT2D eigenvalue weighted by molar-refractivity contribution is 0.425. The minimum atomic E-state index is -0.158. The van der Waals surface area contributed by atoms with Gasteiger partial charge in [-0.3, -0.25) is 9.98 Å². The first-order chi connectivity index (χ1) is 15.0. The summed E-state index contributed by atoms with van der Waals surface area (Å²) in [6.07, 6.45) is 5.33. The Kier molecular flexibility index (Phi) is 4.49. The Hall–Kier alpha value is -4.03. The van der Waals surface area contributed by atoms with Crippen molar-refractivity contribution in [2.24, 2.45) is 4.99 Å². The average Bonchev–Trinajstić information content (AvgIpc) is 3.38. The zero-order chi connectivity index (χ0) is 21.5. The molecule has 4 N–H and O–H groups in total. The highest BCUT2D eigenvalue weighted by Gasteiger charge is 2.20. The monoisotopic (exact) mass is 433 g/mol. The van der Waals surface area contributed by atoms with E-state index in [1.165, 1.54) is 6.07 Å². The number of benzene rings is 1. The van der Waals surface area contributed by atoms with Gasteiger partial charge in [0.2, 0.25) is 0 Å². The van der Waals surface area contributed by atoms with Crippen LogP contribution < -0.4 is 16.0 Å². The number of H-pyrrole nitrogens is 1. The zero-order valence-electron chi connectivity index (χ0n) is 16.0. The van der Waals surface area contributed by atoms with Crippen LogP contribution in [0.25, 0.3) is 11.7 Å². The first kappa shape index (κ1) is 19.0. The second-order valence-corrected chi connectivity index (χ2v) is 7.64. The molecular formula is C21H16ClN7O2. The number of aromatic nitrogens is 4. The number of halogens is 1. The number of rotatable bonds is 4. The van der Waals surface area contributed by atoms with E-state index in [0.717, 1.165) is 12.8 Å². The Labute approximate surface area is 180 Å². The standard InChI is InChI=1S/C21H16ClN7O2/c22-15-4-1-11(9-23)5-16(15)26-17-8-18(25-14-2-3-14)29-20(27-17)13(10-24-29)6-12-7-19(30)28-21(12)31/h1,4-8,10,14,26,28,30-31H,2-3H2. The Balaban J connectivity index is 1.68. The van der Waals surface area contributed by atoms with Gasteiger partial charge in [0.15, 0.2) is 22.9 Å². The molecule has 0 aliphatic heterocycles. The summed E-state index contributed by atoms with van der Waals surface area (Å²) < 4.78 is 1.63.